The zero-order valence-electron chi connectivity index (χ0n) is 16.3. The van der Waals surface area contributed by atoms with Crippen molar-refractivity contribution in [3.63, 3.8) is 0 Å². The number of amides is 1. The van der Waals surface area contributed by atoms with Crippen LogP contribution in [0.4, 0.5) is 4.39 Å². The van der Waals surface area contributed by atoms with E-state index >= 15 is 0 Å². The highest BCUT2D eigenvalue weighted by Gasteiger charge is 2.33. The van der Waals surface area contributed by atoms with E-state index in [0.29, 0.717) is 12.1 Å². The van der Waals surface area contributed by atoms with Gasteiger partial charge in [-0.05, 0) is 43.1 Å². The highest BCUT2D eigenvalue weighted by atomic mass is 19.1. The first-order valence-corrected chi connectivity index (χ1v) is 9.54. The molecular formula is C22H27FN2O3. The quantitative estimate of drug-likeness (QED) is 0.795. The molecule has 28 heavy (non-hydrogen) atoms. The van der Waals surface area contributed by atoms with Crippen molar-refractivity contribution in [1.29, 1.82) is 0 Å². The minimum Gasteiger partial charge on any atom is -0.497 e. The number of benzene rings is 2. The van der Waals surface area contributed by atoms with Gasteiger partial charge in [0.15, 0.2) is 0 Å². The number of hydrogen-bond donors (Lipinski definition) is 1. The van der Waals surface area contributed by atoms with Crippen molar-refractivity contribution >= 4 is 5.91 Å². The Bertz CT molecular complexity index is 797. The van der Waals surface area contributed by atoms with Gasteiger partial charge in [0.2, 0.25) is 5.91 Å². The van der Waals surface area contributed by atoms with Crippen LogP contribution in [0.15, 0.2) is 48.5 Å². The van der Waals surface area contributed by atoms with Crippen molar-refractivity contribution < 1.29 is 19.0 Å². The van der Waals surface area contributed by atoms with Gasteiger partial charge in [-0.15, -0.1) is 0 Å². The fourth-order valence-electron chi connectivity index (χ4n) is 3.68. The number of hydrogen-bond acceptors (Lipinski definition) is 4. The summed E-state index contributed by atoms with van der Waals surface area (Å²) in [6.45, 7) is 1.38. The van der Waals surface area contributed by atoms with Crippen LogP contribution in [0.1, 0.15) is 30.1 Å². The van der Waals surface area contributed by atoms with Crippen LogP contribution < -0.4 is 4.74 Å². The molecule has 6 heteroatoms. The highest BCUT2D eigenvalue weighted by molar-refractivity contribution is 5.82. The van der Waals surface area contributed by atoms with Gasteiger partial charge in [-0.25, -0.2) is 4.39 Å². The Morgan fingerprint density at radius 3 is 2.68 bits per heavy atom. The molecule has 2 aromatic carbocycles. The molecule has 5 nitrogen and oxygen atoms in total. The first-order valence-electron chi connectivity index (χ1n) is 9.54. The molecule has 0 saturated carbocycles. The van der Waals surface area contributed by atoms with E-state index < -0.39 is 6.10 Å². The molecule has 1 aliphatic heterocycles. The van der Waals surface area contributed by atoms with E-state index in [0.717, 1.165) is 30.7 Å². The van der Waals surface area contributed by atoms with Crippen molar-refractivity contribution in [2.45, 2.75) is 31.5 Å². The van der Waals surface area contributed by atoms with Gasteiger partial charge in [0.05, 0.1) is 25.8 Å². The number of aliphatic hydroxyl groups is 1. The first-order chi connectivity index (χ1) is 13.5. The van der Waals surface area contributed by atoms with E-state index in [1.807, 2.05) is 11.0 Å². The second kappa shape index (κ2) is 9.17. The Hall–Kier alpha value is -2.44. The largest absolute Gasteiger partial charge is 0.497 e. The number of likely N-dealkylation sites (tertiary alicyclic amines) is 1. The monoisotopic (exact) mass is 386 g/mol. The molecule has 1 heterocycles. The Labute approximate surface area is 165 Å². The fraction of sp³-hybridized carbons (Fsp3) is 0.409. The molecule has 0 spiro atoms. The van der Waals surface area contributed by atoms with E-state index in [2.05, 4.69) is 0 Å². The molecule has 0 bridgehead atoms. The maximum Gasteiger partial charge on any atom is 0.239 e. The predicted octanol–water partition coefficient (Wildman–Crippen LogP) is 2.99. The Morgan fingerprint density at radius 1 is 1.29 bits per heavy atom. The molecule has 1 N–H and O–H groups in total. The summed E-state index contributed by atoms with van der Waals surface area (Å²) in [5.74, 6) is 0.431. The van der Waals surface area contributed by atoms with Crippen LogP contribution in [0.5, 0.6) is 5.75 Å². The van der Waals surface area contributed by atoms with Crippen molar-refractivity contribution in [3.05, 3.63) is 65.5 Å². The molecule has 2 unspecified atom stereocenters. The Morgan fingerprint density at radius 2 is 2.00 bits per heavy atom. The number of ether oxygens (including phenoxy) is 1. The lowest BCUT2D eigenvalue weighted by Crippen LogP contribution is -2.45. The van der Waals surface area contributed by atoms with E-state index in [-0.39, 0.29) is 24.3 Å². The third-order valence-corrected chi connectivity index (χ3v) is 5.30. The molecule has 1 saturated heterocycles. The van der Waals surface area contributed by atoms with Crippen LogP contribution in [0, 0.1) is 5.82 Å². The minimum absolute atomic E-state index is 0.0404. The molecule has 1 fully saturated rings. The van der Waals surface area contributed by atoms with Crippen LogP contribution in [-0.4, -0.2) is 54.1 Å². The molecule has 2 aromatic rings. The van der Waals surface area contributed by atoms with Gasteiger partial charge >= 0.3 is 0 Å². The molecule has 2 atom stereocenters. The van der Waals surface area contributed by atoms with Gasteiger partial charge in [-0.1, -0.05) is 30.3 Å². The summed E-state index contributed by atoms with van der Waals surface area (Å²) in [6, 6.07) is 13.5. The average Bonchev–Trinajstić information content (AvgIpc) is 3.17. The second-order valence-corrected chi connectivity index (χ2v) is 7.23. The number of aliphatic hydroxyl groups excluding tert-OH is 1. The number of rotatable bonds is 7. The smallest absolute Gasteiger partial charge is 0.239 e. The van der Waals surface area contributed by atoms with Gasteiger partial charge in [0.1, 0.15) is 11.6 Å². The number of methoxy groups -OCH3 is 1. The van der Waals surface area contributed by atoms with Crippen molar-refractivity contribution in [1.82, 2.24) is 9.80 Å². The van der Waals surface area contributed by atoms with Crippen LogP contribution in [0.3, 0.4) is 0 Å². The van der Waals surface area contributed by atoms with Gasteiger partial charge in [0, 0.05) is 19.2 Å². The van der Waals surface area contributed by atoms with E-state index in [1.54, 1.807) is 55.5 Å². The van der Waals surface area contributed by atoms with Gasteiger partial charge in [0.25, 0.3) is 0 Å². The molecule has 0 aliphatic carbocycles. The van der Waals surface area contributed by atoms with Gasteiger partial charge in [-0.2, -0.15) is 0 Å². The lowest BCUT2D eigenvalue weighted by atomic mass is 10.1. The number of likely N-dealkylation sites (N-methyl/N-ethyl adjacent to an activating group) is 1. The molecule has 1 amide bonds. The van der Waals surface area contributed by atoms with E-state index in [4.69, 9.17) is 4.74 Å². The van der Waals surface area contributed by atoms with Crippen LogP contribution >= 0.6 is 0 Å². The highest BCUT2D eigenvalue weighted by Crippen LogP contribution is 2.24. The van der Waals surface area contributed by atoms with Crippen molar-refractivity contribution in [2.24, 2.45) is 0 Å². The summed E-state index contributed by atoms with van der Waals surface area (Å²) in [7, 11) is 3.29. The average molecular weight is 386 g/mol. The minimum atomic E-state index is -0.777. The SMILES string of the molecule is COc1ccc(C(O)CN(C)C(=O)C2CCCN2Cc2ccccc2F)cc1. The number of carbonyl (C=O) groups is 1. The fourth-order valence-corrected chi connectivity index (χ4v) is 3.68. The first kappa shape index (κ1) is 20.3. The molecule has 0 radical (unpaired) electrons. The zero-order chi connectivity index (χ0) is 20.1. The van der Waals surface area contributed by atoms with Gasteiger partial charge < -0.3 is 14.7 Å². The lowest BCUT2D eigenvalue weighted by Gasteiger charge is -2.29. The number of nitrogens with zero attached hydrogens (tertiary/aromatic N) is 2. The maximum absolute atomic E-state index is 14.0. The number of halogens is 1. The van der Waals surface area contributed by atoms with E-state index in [9.17, 15) is 14.3 Å². The zero-order valence-corrected chi connectivity index (χ0v) is 16.3. The van der Waals surface area contributed by atoms with Crippen LogP contribution in [0.2, 0.25) is 0 Å². The molecule has 1 aliphatic rings. The molecule has 0 aromatic heterocycles. The third-order valence-electron chi connectivity index (χ3n) is 5.30. The van der Waals surface area contributed by atoms with Crippen LogP contribution in [0.25, 0.3) is 0 Å². The second-order valence-electron chi connectivity index (χ2n) is 7.23. The number of carbonyl (C=O) groups excluding carboxylic acids is 1. The summed E-state index contributed by atoms with van der Waals surface area (Å²) < 4.78 is 19.1. The van der Waals surface area contributed by atoms with Crippen molar-refractivity contribution in [3.8, 4) is 5.75 Å². The summed E-state index contributed by atoms with van der Waals surface area (Å²) in [5.41, 5.74) is 1.33. The molecule has 150 valence electrons. The summed E-state index contributed by atoms with van der Waals surface area (Å²) >= 11 is 0. The van der Waals surface area contributed by atoms with E-state index in [1.165, 1.54) is 6.07 Å². The Kier molecular flexibility index (Phi) is 6.65. The standard InChI is InChI=1S/C22H27FN2O3/c1-24(15-21(26)16-9-11-18(28-2)12-10-16)22(27)20-8-5-13-25(20)14-17-6-3-4-7-19(17)23/h3-4,6-7,9-12,20-21,26H,5,8,13-15H2,1-2H3. The molecule has 3 rings (SSSR count). The molecular weight excluding hydrogens is 359 g/mol. The van der Waals surface area contributed by atoms with Crippen LogP contribution in [-0.2, 0) is 11.3 Å². The lowest BCUT2D eigenvalue weighted by molar-refractivity contribution is -0.136. The predicted molar refractivity (Wildman–Crippen MR) is 105 cm³/mol. The topological polar surface area (TPSA) is 53.0 Å². The summed E-state index contributed by atoms with van der Waals surface area (Å²) in [5, 5.41) is 10.5. The maximum atomic E-state index is 14.0. The van der Waals surface area contributed by atoms with Gasteiger partial charge in [-0.3, -0.25) is 9.69 Å². The Balaban J connectivity index is 1.62. The third kappa shape index (κ3) is 4.69. The normalized spacial score (nSPS) is 18.1. The summed E-state index contributed by atoms with van der Waals surface area (Å²) in [4.78, 5) is 16.6. The summed E-state index contributed by atoms with van der Waals surface area (Å²) in [6.07, 6.45) is 0.872. The van der Waals surface area contributed by atoms with Crippen molar-refractivity contribution in [2.75, 3.05) is 27.2 Å².